The second-order valence-corrected chi connectivity index (χ2v) is 9.96. The predicted molar refractivity (Wildman–Crippen MR) is 130 cm³/mol. The number of hydrogen-bond donors (Lipinski definition) is 0. The van der Waals surface area contributed by atoms with E-state index in [1.54, 1.807) is 11.3 Å². The van der Waals surface area contributed by atoms with Gasteiger partial charge in [-0.1, -0.05) is 31.4 Å². The molecule has 2 aromatic heterocycles. The van der Waals surface area contributed by atoms with E-state index >= 15 is 0 Å². The van der Waals surface area contributed by atoms with E-state index in [1.807, 2.05) is 18.6 Å². The molecule has 3 aromatic rings. The molecule has 0 bridgehead atoms. The largest absolute Gasteiger partial charge is 0.488 e. The third kappa shape index (κ3) is 4.98. The molecule has 0 N–H and O–H groups in total. The van der Waals surface area contributed by atoms with E-state index in [1.165, 1.54) is 19.3 Å². The smallest absolute Gasteiger partial charge is 0.167 e. The van der Waals surface area contributed by atoms with E-state index in [0.29, 0.717) is 12.0 Å². The average Bonchev–Trinajstić information content (AvgIpc) is 3.33. The number of aromatic nitrogens is 2. The number of nitrogens with zero attached hydrogens (tertiary/aromatic N) is 2. The Morgan fingerprint density at radius 2 is 1.91 bits per heavy atom. The van der Waals surface area contributed by atoms with Crippen LogP contribution in [0.15, 0.2) is 36.8 Å². The summed E-state index contributed by atoms with van der Waals surface area (Å²) in [6.07, 6.45) is 14.1. The molecule has 0 atom stereocenters. The maximum absolute atomic E-state index is 6.46. The van der Waals surface area contributed by atoms with Gasteiger partial charge in [0.1, 0.15) is 5.75 Å². The first-order chi connectivity index (χ1) is 15.8. The summed E-state index contributed by atoms with van der Waals surface area (Å²) < 4.78 is 11.9. The Morgan fingerprint density at radius 3 is 2.72 bits per heavy atom. The molecule has 1 aliphatic carbocycles. The lowest BCUT2D eigenvalue weighted by Gasteiger charge is -2.28. The summed E-state index contributed by atoms with van der Waals surface area (Å²) in [4.78, 5) is 10.1. The highest BCUT2D eigenvalue weighted by Gasteiger charge is 2.22. The van der Waals surface area contributed by atoms with E-state index in [2.05, 4.69) is 46.9 Å². The Balaban J connectivity index is 1.35. The van der Waals surface area contributed by atoms with Gasteiger partial charge in [0, 0.05) is 42.3 Å². The summed E-state index contributed by atoms with van der Waals surface area (Å²) in [7, 11) is 0. The first kappa shape index (κ1) is 21.4. The lowest BCUT2D eigenvalue weighted by molar-refractivity contribution is 0.0807. The van der Waals surface area contributed by atoms with Crippen molar-refractivity contribution in [1.82, 2.24) is 9.97 Å². The summed E-state index contributed by atoms with van der Waals surface area (Å²) in [6.45, 7) is 3.93. The molecule has 0 spiro atoms. The van der Waals surface area contributed by atoms with Gasteiger partial charge in [-0.25, -0.2) is 4.98 Å². The molecule has 2 aliphatic rings. The van der Waals surface area contributed by atoms with E-state index in [0.717, 1.165) is 76.8 Å². The van der Waals surface area contributed by atoms with Crippen molar-refractivity contribution in [3.8, 4) is 28.0 Å². The highest BCUT2D eigenvalue weighted by molar-refractivity contribution is 7.15. The number of rotatable bonds is 4. The summed E-state index contributed by atoms with van der Waals surface area (Å²) >= 11 is 1.65. The van der Waals surface area contributed by atoms with Crippen molar-refractivity contribution in [1.29, 1.82) is 0 Å². The summed E-state index contributed by atoms with van der Waals surface area (Å²) in [6, 6.07) is 6.49. The van der Waals surface area contributed by atoms with E-state index < -0.39 is 0 Å². The van der Waals surface area contributed by atoms with Crippen LogP contribution in [0.25, 0.3) is 21.2 Å². The van der Waals surface area contributed by atoms with Crippen LogP contribution in [0.2, 0.25) is 0 Å². The second kappa shape index (κ2) is 10.0. The van der Waals surface area contributed by atoms with Gasteiger partial charge in [-0.05, 0) is 62.0 Å². The molecule has 3 heterocycles. The van der Waals surface area contributed by atoms with Crippen LogP contribution in [0.1, 0.15) is 56.9 Å². The molecule has 32 heavy (non-hydrogen) atoms. The topological polar surface area (TPSA) is 44.2 Å². The van der Waals surface area contributed by atoms with Gasteiger partial charge in [0.25, 0.3) is 0 Å². The normalized spacial score (nSPS) is 21.8. The van der Waals surface area contributed by atoms with Gasteiger partial charge >= 0.3 is 0 Å². The van der Waals surface area contributed by atoms with Gasteiger partial charge in [-0.3, -0.25) is 4.98 Å². The minimum Gasteiger partial charge on any atom is -0.488 e. The standard InChI is InChI=1S/C27H30N2O2S/c1-2-19-3-8-23(9-4-19)31-25-17-28-16-22-7-6-21(15-24(22)25)26-18-29-27(32-26)10-5-20-11-13-30-14-12-20/h6-7,15-20,23H,2-4,8-9,11-14H2,1H3. The molecular weight excluding hydrogens is 416 g/mol. The third-order valence-corrected chi connectivity index (χ3v) is 7.75. The Labute approximate surface area is 194 Å². The van der Waals surface area contributed by atoms with Gasteiger partial charge < -0.3 is 9.47 Å². The van der Waals surface area contributed by atoms with E-state index in [4.69, 9.17) is 9.47 Å². The number of ether oxygens (including phenoxy) is 2. The fourth-order valence-electron chi connectivity index (χ4n) is 4.69. The van der Waals surface area contributed by atoms with Crippen LogP contribution in [0.5, 0.6) is 5.75 Å². The molecule has 0 amide bonds. The average molecular weight is 447 g/mol. The molecule has 0 unspecified atom stereocenters. The second-order valence-electron chi connectivity index (χ2n) is 8.93. The van der Waals surface area contributed by atoms with Crippen molar-refractivity contribution in [2.24, 2.45) is 11.8 Å². The van der Waals surface area contributed by atoms with Crippen molar-refractivity contribution < 1.29 is 9.47 Å². The summed E-state index contributed by atoms with van der Waals surface area (Å²) in [5, 5.41) is 3.11. The number of benzene rings is 1. The van der Waals surface area contributed by atoms with Gasteiger partial charge in [0.05, 0.1) is 17.2 Å². The molecular formula is C27H30N2O2S. The van der Waals surface area contributed by atoms with Gasteiger partial charge in [0.15, 0.2) is 5.01 Å². The van der Waals surface area contributed by atoms with Crippen LogP contribution in [-0.2, 0) is 4.74 Å². The Morgan fingerprint density at radius 1 is 1.06 bits per heavy atom. The molecule has 1 saturated carbocycles. The van der Waals surface area contributed by atoms with Crippen molar-refractivity contribution in [3.63, 3.8) is 0 Å². The molecule has 166 valence electrons. The summed E-state index contributed by atoms with van der Waals surface area (Å²) in [5.41, 5.74) is 1.15. The van der Waals surface area contributed by atoms with Crippen LogP contribution in [0, 0.1) is 23.7 Å². The molecule has 1 saturated heterocycles. The molecule has 5 rings (SSSR count). The molecule has 1 aliphatic heterocycles. The molecule has 5 heteroatoms. The molecule has 1 aromatic carbocycles. The Bertz CT molecular complexity index is 1120. The highest BCUT2D eigenvalue weighted by atomic mass is 32.1. The number of hydrogen-bond acceptors (Lipinski definition) is 5. The lowest BCUT2D eigenvalue weighted by atomic mass is 9.86. The minimum atomic E-state index is 0.296. The summed E-state index contributed by atoms with van der Waals surface area (Å²) in [5.74, 6) is 8.85. The van der Waals surface area contributed by atoms with Crippen LogP contribution >= 0.6 is 11.3 Å². The van der Waals surface area contributed by atoms with Gasteiger partial charge in [-0.15, -0.1) is 11.3 Å². The fourth-order valence-corrected chi connectivity index (χ4v) is 5.47. The zero-order chi connectivity index (χ0) is 21.8. The van der Waals surface area contributed by atoms with Crippen LogP contribution < -0.4 is 4.74 Å². The number of pyridine rings is 1. The van der Waals surface area contributed by atoms with Crippen molar-refractivity contribution in [3.05, 3.63) is 41.8 Å². The molecule has 2 fully saturated rings. The molecule has 4 nitrogen and oxygen atoms in total. The van der Waals surface area contributed by atoms with E-state index in [-0.39, 0.29) is 0 Å². The number of fused-ring (bicyclic) bond motifs is 1. The SMILES string of the molecule is CCC1CCC(Oc2cncc3ccc(-c4cnc(C#CC5CCOCC5)s4)cc23)CC1. The van der Waals surface area contributed by atoms with Crippen LogP contribution in [0.3, 0.4) is 0 Å². The van der Waals surface area contributed by atoms with Gasteiger partial charge in [0.2, 0.25) is 0 Å². The Kier molecular flexibility index (Phi) is 6.71. The quantitative estimate of drug-likeness (QED) is 0.430. The Hall–Kier alpha value is -2.42. The van der Waals surface area contributed by atoms with Gasteiger partial charge in [-0.2, -0.15) is 0 Å². The predicted octanol–water partition coefficient (Wildman–Crippen LogP) is 6.48. The zero-order valence-electron chi connectivity index (χ0n) is 18.7. The fraction of sp³-hybridized carbons (Fsp3) is 0.481. The third-order valence-electron chi connectivity index (χ3n) is 6.78. The van der Waals surface area contributed by atoms with Crippen LogP contribution in [0.4, 0.5) is 0 Å². The van der Waals surface area contributed by atoms with Crippen LogP contribution in [-0.4, -0.2) is 29.3 Å². The monoisotopic (exact) mass is 446 g/mol. The minimum absolute atomic E-state index is 0.296. The zero-order valence-corrected chi connectivity index (χ0v) is 19.5. The maximum atomic E-state index is 6.46. The molecule has 0 radical (unpaired) electrons. The van der Waals surface area contributed by atoms with Crippen molar-refractivity contribution in [2.45, 2.75) is 58.0 Å². The first-order valence-electron chi connectivity index (χ1n) is 11.9. The first-order valence-corrected chi connectivity index (χ1v) is 12.7. The highest BCUT2D eigenvalue weighted by Crippen LogP contribution is 2.35. The van der Waals surface area contributed by atoms with E-state index in [9.17, 15) is 0 Å². The van der Waals surface area contributed by atoms with Crippen molar-refractivity contribution in [2.75, 3.05) is 13.2 Å². The maximum Gasteiger partial charge on any atom is 0.167 e. The lowest BCUT2D eigenvalue weighted by Crippen LogP contribution is -2.24. The number of thiazole rings is 1. The van der Waals surface area contributed by atoms with Crippen molar-refractivity contribution >= 4 is 22.1 Å².